The Morgan fingerprint density at radius 1 is 0.917 bits per heavy atom. The zero-order chi connectivity index (χ0) is 25.8. The third kappa shape index (κ3) is 4.20. The van der Waals surface area contributed by atoms with Crippen molar-refractivity contribution < 1.29 is 9.84 Å². The van der Waals surface area contributed by atoms with E-state index >= 15 is 0 Å². The van der Waals surface area contributed by atoms with E-state index in [4.69, 9.17) is 4.74 Å². The van der Waals surface area contributed by atoms with Gasteiger partial charge in [-0.2, -0.15) is 0 Å². The maximum Gasteiger partial charge on any atom is 0.0883 e. The third-order valence-corrected chi connectivity index (χ3v) is 12.7. The van der Waals surface area contributed by atoms with Gasteiger partial charge >= 0.3 is 0 Å². The SMILES string of the molecule is CCOC[C@@]1(O)CC[C@@]2(C)[C@H](CC[C@@H]3[C@@H]2CC[C@]2(C)C([C@@H](C)N[C@H](C)c4ccccc4)CC[C@@]32C)C1. The van der Waals surface area contributed by atoms with Gasteiger partial charge in [-0.15, -0.1) is 0 Å². The van der Waals surface area contributed by atoms with Crippen LogP contribution in [0.4, 0.5) is 0 Å². The fraction of sp³-hybridized carbons (Fsp3) is 0.818. The van der Waals surface area contributed by atoms with Crippen LogP contribution in [0.15, 0.2) is 30.3 Å². The number of fused-ring (bicyclic) bond motifs is 5. The first-order valence-electron chi connectivity index (χ1n) is 15.2. The molecule has 4 saturated carbocycles. The van der Waals surface area contributed by atoms with E-state index in [0.717, 1.165) is 30.6 Å². The maximum atomic E-state index is 11.3. The molecule has 0 aliphatic heterocycles. The van der Waals surface area contributed by atoms with Crippen LogP contribution in [0.1, 0.15) is 111 Å². The molecule has 0 amide bonds. The molecule has 2 N–H and O–H groups in total. The molecule has 1 aromatic carbocycles. The number of aliphatic hydroxyl groups is 1. The van der Waals surface area contributed by atoms with Gasteiger partial charge in [0.2, 0.25) is 0 Å². The molecule has 0 spiro atoms. The summed E-state index contributed by atoms with van der Waals surface area (Å²) in [6.45, 7) is 16.0. The number of ether oxygens (including phenoxy) is 1. The van der Waals surface area contributed by atoms with Crippen LogP contribution >= 0.6 is 0 Å². The highest BCUT2D eigenvalue weighted by Gasteiger charge is 2.66. The first-order chi connectivity index (χ1) is 17.1. The van der Waals surface area contributed by atoms with E-state index in [2.05, 4.69) is 70.3 Å². The van der Waals surface area contributed by atoms with E-state index < -0.39 is 5.60 Å². The summed E-state index contributed by atoms with van der Waals surface area (Å²) in [7, 11) is 0. The van der Waals surface area contributed by atoms with Gasteiger partial charge in [-0.3, -0.25) is 0 Å². The number of rotatable bonds is 7. The smallest absolute Gasteiger partial charge is 0.0883 e. The van der Waals surface area contributed by atoms with Crippen molar-refractivity contribution >= 4 is 0 Å². The molecule has 4 aliphatic rings. The van der Waals surface area contributed by atoms with Crippen LogP contribution in [-0.4, -0.2) is 30.0 Å². The molecule has 1 unspecified atom stereocenters. The zero-order valence-electron chi connectivity index (χ0n) is 24.0. The number of nitrogens with one attached hydrogen (secondary N) is 1. The van der Waals surface area contributed by atoms with Crippen molar-refractivity contribution in [2.75, 3.05) is 13.2 Å². The number of hydrogen-bond donors (Lipinski definition) is 2. The minimum Gasteiger partial charge on any atom is -0.387 e. The van der Waals surface area contributed by atoms with E-state index in [1.807, 2.05) is 6.92 Å². The number of benzene rings is 1. The second kappa shape index (κ2) is 9.69. The summed E-state index contributed by atoms with van der Waals surface area (Å²) in [6, 6.07) is 11.9. The molecule has 0 saturated heterocycles. The zero-order valence-corrected chi connectivity index (χ0v) is 24.0. The van der Waals surface area contributed by atoms with Gasteiger partial charge in [0.15, 0.2) is 0 Å². The van der Waals surface area contributed by atoms with Crippen molar-refractivity contribution in [3.63, 3.8) is 0 Å². The molecule has 1 aromatic rings. The van der Waals surface area contributed by atoms with Gasteiger partial charge in [-0.1, -0.05) is 51.1 Å². The highest BCUT2D eigenvalue weighted by atomic mass is 16.5. The van der Waals surface area contributed by atoms with Crippen LogP contribution < -0.4 is 5.32 Å². The first-order valence-corrected chi connectivity index (χ1v) is 15.2. The molecule has 202 valence electrons. The maximum absolute atomic E-state index is 11.3. The van der Waals surface area contributed by atoms with E-state index in [0.29, 0.717) is 47.5 Å². The van der Waals surface area contributed by atoms with Crippen molar-refractivity contribution in [3.8, 4) is 0 Å². The summed E-state index contributed by atoms with van der Waals surface area (Å²) >= 11 is 0. The molecule has 0 radical (unpaired) electrons. The van der Waals surface area contributed by atoms with Crippen molar-refractivity contribution in [3.05, 3.63) is 35.9 Å². The largest absolute Gasteiger partial charge is 0.387 e. The lowest BCUT2D eigenvalue weighted by atomic mass is 9.40. The summed E-state index contributed by atoms with van der Waals surface area (Å²) < 4.78 is 5.72. The predicted octanol–water partition coefficient (Wildman–Crippen LogP) is 7.54. The standard InChI is InChI=1S/C33H53NO2/c1-7-36-22-33(35)20-19-30(4)26(21-33)13-14-29-28(30)16-18-31(5)27(15-17-32(29,31)6)24(3)34-23(2)25-11-9-8-10-12-25/h8-12,23-24,26-29,34-35H,7,13-22H2,1-6H3/t23-,24-,26-,27?,28+,29-,30+,31-,32+,33-/m1/s1. The van der Waals surface area contributed by atoms with E-state index in [9.17, 15) is 5.11 Å². The summed E-state index contributed by atoms with van der Waals surface area (Å²) in [5.74, 6) is 3.04. The van der Waals surface area contributed by atoms with Gasteiger partial charge in [0.1, 0.15) is 0 Å². The van der Waals surface area contributed by atoms with E-state index in [1.54, 1.807) is 0 Å². The summed E-state index contributed by atoms with van der Waals surface area (Å²) in [6.07, 6.45) is 11.2. The molecular formula is C33H53NO2. The molecular weight excluding hydrogens is 442 g/mol. The van der Waals surface area contributed by atoms with Gasteiger partial charge in [0, 0.05) is 18.7 Å². The Morgan fingerprint density at radius 2 is 1.64 bits per heavy atom. The Labute approximate surface area is 221 Å². The van der Waals surface area contributed by atoms with Crippen molar-refractivity contribution in [1.82, 2.24) is 5.32 Å². The van der Waals surface area contributed by atoms with Crippen LogP contribution in [0.5, 0.6) is 0 Å². The molecule has 0 aromatic heterocycles. The minimum atomic E-state index is -0.602. The lowest BCUT2D eigenvalue weighted by Crippen LogP contribution is -2.60. The molecule has 3 nitrogen and oxygen atoms in total. The predicted molar refractivity (Wildman–Crippen MR) is 149 cm³/mol. The minimum absolute atomic E-state index is 0.384. The van der Waals surface area contributed by atoms with Gasteiger partial charge < -0.3 is 15.2 Å². The fourth-order valence-corrected chi connectivity index (χ4v) is 10.3. The van der Waals surface area contributed by atoms with Gasteiger partial charge in [-0.25, -0.2) is 0 Å². The lowest BCUT2D eigenvalue weighted by molar-refractivity contribution is -0.186. The molecule has 5 rings (SSSR count). The van der Waals surface area contributed by atoms with Gasteiger partial charge in [-0.05, 0) is 124 Å². The van der Waals surface area contributed by atoms with Crippen LogP contribution in [0.2, 0.25) is 0 Å². The summed E-state index contributed by atoms with van der Waals surface area (Å²) in [5.41, 5.74) is 2.01. The highest BCUT2D eigenvalue weighted by Crippen LogP contribution is 2.73. The van der Waals surface area contributed by atoms with Gasteiger partial charge in [0.05, 0.1) is 12.2 Å². The molecule has 3 heteroatoms. The van der Waals surface area contributed by atoms with Crippen molar-refractivity contribution in [2.45, 2.75) is 117 Å². The quantitative estimate of drug-likeness (QED) is 0.410. The normalized spacial score (nSPS) is 45.9. The van der Waals surface area contributed by atoms with Crippen LogP contribution in [-0.2, 0) is 4.74 Å². The van der Waals surface area contributed by atoms with Crippen molar-refractivity contribution in [1.29, 1.82) is 0 Å². The molecule has 10 atom stereocenters. The van der Waals surface area contributed by atoms with Gasteiger partial charge in [0.25, 0.3) is 0 Å². The second-order valence-electron chi connectivity index (χ2n) is 14.2. The second-order valence-corrected chi connectivity index (χ2v) is 14.2. The average Bonchev–Trinajstić information content (AvgIpc) is 3.15. The van der Waals surface area contributed by atoms with Crippen molar-refractivity contribution in [2.24, 2.45) is 39.9 Å². The lowest BCUT2D eigenvalue weighted by Gasteiger charge is -2.65. The topological polar surface area (TPSA) is 41.5 Å². The Hall–Kier alpha value is -0.900. The Morgan fingerprint density at radius 3 is 2.36 bits per heavy atom. The number of hydrogen-bond acceptors (Lipinski definition) is 3. The fourth-order valence-electron chi connectivity index (χ4n) is 10.3. The molecule has 36 heavy (non-hydrogen) atoms. The Kier molecular flexibility index (Phi) is 7.18. The van der Waals surface area contributed by atoms with Crippen LogP contribution in [0, 0.1) is 39.9 Å². The summed E-state index contributed by atoms with van der Waals surface area (Å²) in [4.78, 5) is 0. The van der Waals surface area contributed by atoms with Crippen LogP contribution in [0.3, 0.4) is 0 Å². The average molecular weight is 496 g/mol. The first kappa shape index (κ1) is 26.7. The van der Waals surface area contributed by atoms with Crippen LogP contribution in [0.25, 0.3) is 0 Å². The molecule has 4 fully saturated rings. The Bertz CT molecular complexity index is 904. The Balaban J connectivity index is 1.32. The molecule has 0 bridgehead atoms. The third-order valence-electron chi connectivity index (χ3n) is 12.7. The molecule has 0 heterocycles. The highest BCUT2D eigenvalue weighted by molar-refractivity contribution is 5.19. The monoisotopic (exact) mass is 495 g/mol. The van der Waals surface area contributed by atoms with E-state index in [-0.39, 0.29) is 0 Å². The van der Waals surface area contributed by atoms with E-state index in [1.165, 1.54) is 50.5 Å². The molecule has 4 aliphatic carbocycles. The summed E-state index contributed by atoms with van der Waals surface area (Å²) in [5, 5.41) is 15.3.